The minimum atomic E-state index is -4.63. The van der Waals surface area contributed by atoms with Gasteiger partial charge in [0.05, 0.1) is 22.8 Å². The molecule has 10 nitrogen and oxygen atoms in total. The predicted molar refractivity (Wildman–Crippen MR) is 143 cm³/mol. The van der Waals surface area contributed by atoms with Crippen LogP contribution in [0.15, 0.2) is 58.5 Å². The molecule has 1 saturated heterocycles. The number of piperazine rings is 1. The largest absolute Gasteiger partial charge is 0.478 e. The van der Waals surface area contributed by atoms with Gasteiger partial charge in [-0.1, -0.05) is 19.1 Å². The summed E-state index contributed by atoms with van der Waals surface area (Å²) in [4.78, 5) is 31.7. The third-order valence-electron chi connectivity index (χ3n) is 7.68. The first-order chi connectivity index (χ1) is 19.5. The number of hydrogen-bond acceptors (Lipinski definition) is 7. The average molecular weight is 568 g/mol. The zero-order chi connectivity index (χ0) is 29.5. The van der Waals surface area contributed by atoms with Gasteiger partial charge in [0.25, 0.3) is 0 Å². The quantitative estimate of drug-likeness (QED) is 0.463. The van der Waals surface area contributed by atoms with E-state index in [4.69, 9.17) is 0 Å². The molecule has 3 aromatic rings. The van der Waals surface area contributed by atoms with Crippen molar-refractivity contribution in [3.8, 4) is 6.07 Å². The zero-order valence-electron chi connectivity index (χ0n) is 22.4. The van der Waals surface area contributed by atoms with E-state index in [1.54, 1.807) is 18.2 Å². The van der Waals surface area contributed by atoms with E-state index < -0.39 is 29.4 Å². The highest BCUT2D eigenvalue weighted by atomic mass is 19.4. The average Bonchev–Trinajstić information content (AvgIpc) is 3.32. The summed E-state index contributed by atoms with van der Waals surface area (Å²) in [7, 11) is 0. The molecule has 2 aliphatic rings. The Morgan fingerprint density at radius 1 is 1.15 bits per heavy atom. The van der Waals surface area contributed by atoms with Gasteiger partial charge >= 0.3 is 17.8 Å². The molecule has 2 N–H and O–H groups in total. The second-order valence-corrected chi connectivity index (χ2v) is 10.0. The Morgan fingerprint density at radius 3 is 2.49 bits per heavy atom. The Kier molecular flexibility index (Phi) is 7.46. The molecule has 1 atom stereocenters. The summed E-state index contributed by atoms with van der Waals surface area (Å²) < 4.78 is 41.7. The lowest BCUT2D eigenvalue weighted by molar-refractivity contribution is -0.137. The summed E-state index contributed by atoms with van der Waals surface area (Å²) in [5.41, 5.74) is -0.174. The maximum absolute atomic E-state index is 13.5. The number of nitriles is 1. The van der Waals surface area contributed by atoms with E-state index in [-0.39, 0.29) is 22.9 Å². The predicted octanol–water partition coefficient (Wildman–Crippen LogP) is 3.70. The van der Waals surface area contributed by atoms with Crippen LogP contribution >= 0.6 is 0 Å². The number of carbonyl (C=O) groups is 1. The lowest BCUT2D eigenvalue weighted by Gasteiger charge is -2.37. The Labute approximate surface area is 233 Å². The van der Waals surface area contributed by atoms with Gasteiger partial charge in [-0.2, -0.15) is 18.4 Å². The standard InChI is InChI=1S/C28H28F3N7O3/c1-3-35-9-11-36(12-10-35)16-19-13-18(15-32)7-8-22(19)24-23(25(39)40)17(2)37(26-33-34-27(41)38(24)26)21-6-4-5-20(14-21)28(29,30)31/h4-8,13-14,24H,3,9-12,16H2,1-2H3,(H,34,41)(H,39,40)/t24-/m1/s1. The summed E-state index contributed by atoms with van der Waals surface area (Å²) in [6.07, 6.45) is -4.63. The monoisotopic (exact) mass is 567 g/mol. The van der Waals surface area contributed by atoms with Crippen molar-refractivity contribution in [1.82, 2.24) is 24.6 Å². The van der Waals surface area contributed by atoms with Crippen molar-refractivity contribution in [2.24, 2.45) is 0 Å². The Balaban J connectivity index is 1.66. The number of anilines is 2. The summed E-state index contributed by atoms with van der Waals surface area (Å²) in [5, 5.41) is 26.5. The van der Waals surface area contributed by atoms with E-state index in [1.807, 2.05) is 0 Å². The number of likely N-dealkylation sites (N-methyl/N-ethyl adjacent to an activating group) is 1. The second-order valence-electron chi connectivity index (χ2n) is 10.0. The van der Waals surface area contributed by atoms with E-state index in [2.05, 4.69) is 33.0 Å². The van der Waals surface area contributed by atoms with Crippen LogP contribution < -0.4 is 10.6 Å². The van der Waals surface area contributed by atoms with Crippen molar-refractivity contribution in [2.45, 2.75) is 32.6 Å². The van der Waals surface area contributed by atoms with Crippen molar-refractivity contribution in [3.63, 3.8) is 0 Å². The normalized spacial score (nSPS) is 18.3. The van der Waals surface area contributed by atoms with E-state index in [9.17, 15) is 33.1 Å². The molecule has 13 heteroatoms. The molecular formula is C28H28F3N7O3. The van der Waals surface area contributed by atoms with Crippen molar-refractivity contribution in [3.05, 3.63) is 86.5 Å². The molecule has 0 unspecified atom stereocenters. The first-order valence-corrected chi connectivity index (χ1v) is 13.1. The SMILES string of the molecule is CCN1CCN(Cc2cc(C#N)ccc2[C@@H]2C(C(=O)O)=C(C)N(c3cccc(C(F)(F)F)c3)c3n[nH]c(=O)n32)CC1. The molecule has 214 valence electrons. The fraction of sp³-hybridized carbons (Fsp3) is 0.357. The van der Waals surface area contributed by atoms with Gasteiger partial charge < -0.3 is 10.0 Å². The molecule has 0 bridgehead atoms. The van der Waals surface area contributed by atoms with Crippen LogP contribution in [-0.4, -0.2) is 68.4 Å². The lowest BCUT2D eigenvalue weighted by atomic mass is 9.89. The molecule has 1 fully saturated rings. The van der Waals surface area contributed by atoms with Gasteiger partial charge in [-0.05, 0) is 54.9 Å². The van der Waals surface area contributed by atoms with Gasteiger partial charge in [0, 0.05) is 44.1 Å². The number of carboxylic acid groups (broad SMARTS) is 1. The van der Waals surface area contributed by atoms with Crippen molar-refractivity contribution in [2.75, 3.05) is 37.6 Å². The fourth-order valence-electron chi connectivity index (χ4n) is 5.56. The number of aromatic nitrogens is 3. The van der Waals surface area contributed by atoms with Crippen LogP contribution in [0.1, 0.15) is 42.1 Å². The molecule has 41 heavy (non-hydrogen) atoms. The molecule has 0 amide bonds. The van der Waals surface area contributed by atoms with Crippen LogP contribution in [0, 0.1) is 11.3 Å². The molecule has 0 saturated carbocycles. The van der Waals surface area contributed by atoms with E-state index >= 15 is 0 Å². The van der Waals surface area contributed by atoms with Crippen molar-refractivity contribution >= 4 is 17.6 Å². The zero-order valence-corrected chi connectivity index (χ0v) is 22.4. The van der Waals surface area contributed by atoms with Gasteiger partial charge in [0.15, 0.2) is 0 Å². The number of nitrogens with zero attached hydrogens (tertiary/aromatic N) is 6. The van der Waals surface area contributed by atoms with Gasteiger partial charge in [0.2, 0.25) is 5.95 Å². The Hall–Kier alpha value is -4.41. The van der Waals surface area contributed by atoms with Crippen LogP contribution in [0.4, 0.5) is 24.8 Å². The maximum atomic E-state index is 13.5. The number of carboxylic acids is 1. The highest BCUT2D eigenvalue weighted by molar-refractivity contribution is 5.92. The number of rotatable bonds is 6. The van der Waals surface area contributed by atoms with E-state index in [0.29, 0.717) is 23.2 Å². The highest BCUT2D eigenvalue weighted by Gasteiger charge is 2.40. The maximum Gasteiger partial charge on any atom is 0.416 e. The fourth-order valence-corrected chi connectivity index (χ4v) is 5.56. The van der Waals surface area contributed by atoms with E-state index in [0.717, 1.165) is 49.4 Å². The molecule has 0 aliphatic carbocycles. The first-order valence-electron chi connectivity index (χ1n) is 13.1. The van der Waals surface area contributed by atoms with Crippen LogP contribution in [0.3, 0.4) is 0 Å². The number of hydrogen-bond donors (Lipinski definition) is 2. The third-order valence-corrected chi connectivity index (χ3v) is 7.68. The number of fused-ring (bicyclic) bond motifs is 1. The highest BCUT2D eigenvalue weighted by Crippen LogP contribution is 2.43. The molecule has 2 aliphatic heterocycles. The number of aliphatic carboxylic acids is 1. The van der Waals surface area contributed by atoms with Crippen LogP contribution in [0.5, 0.6) is 0 Å². The summed E-state index contributed by atoms with van der Waals surface area (Å²) >= 11 is 0. The molecule has 0 radical (unpaired) electrons. The molecule has 0 spiro atoms. The number of alkyl halides is 3. The molecule has 5 rings (SSSR count). The van der Waals surface area contributed by atoms with E-state index in [1.165, 1.54) is 24.0 Å². The number of halogens is 3. The lowest BCUT2D eigenvalue weighted by Crippen LogP contribution is -2.45. The number of nitrogens with one attached hydrogen (secondary N) is 1. The number of benzene rings is 2. The Bertz CT molecular complexity index is 1610. The van der Waals surface area contributed by atoms with Gasteiger partial charge in [-0.25, -0.2) is 19.3 Å². The minimum absolute atomic E-state index is 0.00335. The smallest absolute Gasteiger partial charge is 0.416 e. The van der Waals surface area contributed by atoms with Crippen molar-refractivity contribution < 1.29 is 23.1 Å². The number of allylic oxidation sites excluding steroid dienone is 1. The first kappa shape index (κ1) is 28.1. The van der Waals surface area contributed by atoms with Crippen LogP contribution in [0.2, 0.25) is 0 Å². The Morgan fingerprint density at radius 2 is 1.85 bits per heavy atom. The molecule has 3 heterocycles. The van der Waals surface area contributed by atoms with Crippen LogP contribution in [0.25, 0.3) is 0 Å². The summed E-state index contributed by atoms with van der Waals surface area (Å²) in [6.45, 7) is 8.21. The molecule has 1 aromatic heterocycles. The third kappa shape index (κ3) is 5.23. The van der Waals surface area contributed by atoms with Gasteiger partial charge in [-0.15, -0.1) is 5.10 Å². The summed E-state index contributed by atoms with van der Waals surface area (Å²) in [6, 6.07) is 10.3. The number of aromatic amines is 1. The minimum Gasteiger partial charge on any atom is -0.478 e. The second kappa shape index (κ2) is 10.9. The van der Waals surface area contributed by atoms with Gasteiger partial charge in [-0.3, -0.25) is 9.80 Å². The van der Waals surface area contributed by atoms with Crippen LogP contribution in [-0.2, 0) is 17.5 Å². The van der Waals surface area contributed by atoms with Gasteiger partial charge in [0.1, 0.15) is 6.04 Å². The molecule has 2 aromatic carbocycles. The topological polar surface area (TPSA) is 121 Å². The molecular weight excluding hydrogens is 539 g/mol. The van der Waals surface area contributed by atoms with Crippen molar-refractivity contribution in [1.29, 1.82) is 5.26 Å². The summed E-state index contributed by atoms with van der Waals surface area (Å²) in [5.74, 6) is -1.39. The number of H-pyrrole nitrogens is 1.